The van der Waals surface area contributed by atoms with Crippen LogP contribution in [0.15, 0.2) is 47.3 Å². The predicted octanol–water partition coefficient (Wildman–Crippen LogP) is 2.33. The molecule has 3 heterocycles. The minimum Gasteiger partial charge on any atom is -0.441 e. The lowest BCUT2D eigenvalue weighted by atomic mass is 9.90. The van der Waals surface area contributed by atoms with Crippen LogP contribution in [-0.4, -0.2) is 33.8 Å². The Labute approximate surface area is 151 Å². The maximum atomic E-state index is 12.8. The highest BCUT2D eigenvalue weighted by atomic mass is 16.4. The van der Waals surface area contributed by atoms with Crippen molar-refractivity contribution < 1.29 is 9.21 Å². The highest BCUT2D eigenvalue weighted by molar-refractivity contribution is 5.93. The number of carbonyl (C=O) groups excluding carboxylic acids is 1. The van der Waals surface area contributed by atoms with Crippen LogP contribution in [0, 0.1) is 12.8 Å². The number of aryl methyl sites for hydroxylation is 2. The second-order valence-corrected chi connectivity index (χ2v) is 6.63. The van der Waals surface area contributed by atoms with Gasteiger partial charge < -0.3 is 15.1 Å². The minimum absolute atomic E-state index is 0.0205. The molecule has 1 aromatic carbocycles. The standard InChI is InChI=1S/C19H21N5O2/c1-12-21-10-18(26-12)13-3-5-15(6-4-13)23-19(25)17-9-20-8-16(17)14-7-22-24(2)11-14/h3-7,10-11,16-17,20H,8-9H2,1-2H3,(H,23,25)/t16-,17+/m1/s1. The van der Waals surface area contributed by atoms with Crippen molar-refractivity contribution in [2.24, 2.45) is 13.0 Å². The van der Waals surface area contributed by atoms with Gasteiger partial charge in [-0.3, -0.25) is 9.48 Å². The molecule has 2 atom stereocenters. The summed E-state index contributed by atoms with van der Waals surface area (Å²) in [5, 5.41) is 10.6. The van der Waals surface area contributed by atoms with Crippen molar-refractivity contribution in [2.75, 3.05) is 18.4 Å². The van der Waals surface area contributed by atoms with E-state index in [-0.39, 0.29) is 17.7 Å². The monoisotopic (exact) mass is 351 g/mol. The van der Waals surface area contributed by atoms with Crippen molar-refractivity contribution in [1.82, 2.24) is 20.1 Å². The van der Waals surface area contributed by atoms with Crippen molar-refractivity contribution in [3.05, 3.63) is 54.3 Å². The predicted molar refractivity (Wildman–Crippen MR) is 97.6 cm³/mol. The first kappa shape index (κ1) is 16.5. The van der Waals surface area contributed by atoms with Gasteiger partial charge in [-0.25, -0.2) is 4.98 Å². The van der Waals surface area contributed by atoms with E-state index in [1.165, 1.54) is 0 Å². The zero-order valence-electron chi connectivity index (χ0n) is 14.8. The number of carbonyl (C=O) groups is 1. The topological polar surface area (TPSA) is 85.0 Å². The van der Waals surface area contributed by atoms with Crippen molar-refractivity contribution in [2.45, 2.75) is 12.8 Å². The molecule has 2 N–H and O–H groups in total. The largest absolute Gasteiger partial charge is 0.441 e. The van der Waals surface area contributed by atoms with Gasteiger partial charge in [0.1, 0.15) is 0 Å². The van der Waals surface area contributed by atoms with Crippen LogP contribution in [0.5, 0.6) is 0 Å². The fourth-order valence-corrected chi connectivity index (χ4v) is 3.38. The Morgan fingerprint density at radius 3 is 2.73 bits per heavy atom. The Morgan fingerprint density at radius 2 is 2.08 bits per heavy atom. The number of amides is 1. The molecule has 1 saturated heterocycles. The minimum atomic E-state index is -0.115. The number of nitrogens with zero attached hydrogens (tertiary/aromatic N) is 3. The number of hydrogen-bond donors (Lipinski definition) is 2. The van der Waals surface area contributed by atoms with E-state index in [2.05, 4.69) is 20.7 Å². The van der Waals surface area contributed by atoms with Gasteiger partial charge >= 0.3 is 0 Å². The van der Waals surface area contributed by atoms with Gasteiger partial charge in [0.25, 0.3) is 0 Å². The molecule has 2 aromatic heterocycles. The summed E-state index contributed by atoms with van der Waals surface area (Å²) < 4.78 is 7.29. The van der Waals surface area contributed by atoms with Crippen LogP contribution in [0.3, 0.4) is 0 Å². The Kier molecular flexibility index (Phi) is 4.30. The number of oxazole rings is 1. The molecule has 4 rings (SSSR count). The lowest BCUT2D eigenvalue weighted by Crippen LogP contribution is -2.28. The quantitative estimate of drug-likeness (QED) is 0.753. The molecular formula is C19H21N5O2. The second-order valence-electron chi connectivity index (χ2n) is 6.63. The van der Waals surface area contributed by atoms with Gasteiger partial charge in [-0.05, 0) is 29.8 Å². The molecule has 0 spiro atoms. The third kappa shape index (κ3) is 3.25. The van der Waals surface area contributed by atoms with Crippen LogP contribution in [0.2, 0.25) is 0 Å². The van der Waals surface area contributed by atoms with E-state index in [0.29, 0.717) is 12.4 Å². The zero-order valence-corrected chi connectivity index (χ0v) is 14.8. The van der Waals surface area contributed by atoms with Crippen LogP contribution in [-0.2, 0) is 11.8 Å². The van der Waals surface area contributed by atoms with Crippen LogP contribution in [0.25, 0.3) is 11.3 Å². The zero-order chi connectivity index (χ0) is 18.1. The van der Waals surface area contributed by atoms with Gasteiger partial charge in [-0.2, -0.15) is 5.10 Å². The summed E-state index contributed by atoms with van der Waals surface area (Å²) in [7, 11) is 1.89. The van der Waals surface area contributed by atoms with E-state index < -0.39 is 0 Å². The van der Waals surface area contributed by atoms with Crippen molar-refractivity contribution in [3.8, 4) is 11.3 Å². The van der Waals surface area contributed by atoms with Crippen LogP contribution in [0.1, 0.15) is 17.4 Å². The fraction of sp³-hybridized carbons (Fsp3) is 0.316. The van der Waals surface area contributed by atoms with E-state index in [0.717, 1.165) is 29.1 Å². The van der Waals surface area contributed by atoms with E-state index in [1.54, 1.807) is 10.9 Å². The third-order valence-electron chi connectivity index (χ3n) is 4.76. The molecular weight excluding hydrogens is 330 g/mol. The van der Waals surface area contributed by atoms with E-state index in [1.807, 2.05) is 50.6 Å². The average molecular weight is 351 g/mol. The van der Waals surface area contributed by atoms with Crippen LogP contribution >= 0.6 is 0 Å². The maximum absolute atomic E-state index is 12.8. The van der Waals surface area contributed by atoms with Crippen molar-refractivity contribution in [3.63, 3.8) is 0 Å². The van der Waals surface area contributed by atoms with Gasteiger partial charge in [0.2, 0.25) is 5.91 Å². The number of anilines is 1. The first-order valence-electron chi connectivity index (χ1n) is 8.63. The SMILES string of the molecule is Cc1ncc(-c2ccc(NC(=O)[C@H]3CNC[C@@H]3c3cnn(C)c3)cc2)o1. The number of nitrogens with one attached hydrogen (secondary N) is 2. The van der Waals surface area contributed by atoms with Gasteiger partial charge in [0.15, 0.2) is 11.7 Å². The molecule has 7 heteroatoms. The van der Waals surface area contributed by atoms with Crippen LogP contribution in [0.4, 0.5) is 5.69 Å². The average Bonchev–Trinajstić information content (AvgIpc) is 3.35. The van der Waals surface area contributed by atoms with Gasteiger partial charge in [0.05, 0.1) is 18.3 Å². The van der Waals surface area contributed by atoms with Crippen LogP contribution < -0.4 is 10.6 Å². The molecule has 0 bridgehead atoms. The summed E-state index contributed by atoms with van der Waals surface area (Å²) in [6, 6.07) is 7.60. The highest BCUT2D eigenvalue weighted by Crippen LogP contribution is 2.29. The molecule has 26 heavy (non-hydrogen) atoms. The molecule has 0 unspecified atom stereocenters. The molecule has 3 aromatic rings. The second kappa shape index (κ2) is 6.76. The summed E-state index contributed by atoms with van der Waals surface area (Å²) >= 11 is 0. The summed E-state index contributed by atoms with van der Waals surface area (Å²) in [6.45, 7) is 3.26. The number of benzene rings is 1. The first-order valence-corrected chi connectivity index (χ1v) is 8.63. The summed E-state index contributed by atoms with van der Waals surface area (Å²) in [5.74, 6) is 1.40. The van der Waals surface area contributed by atoms with Gasteiger partial charge in [-0.15, -0.1) is 0 Å². The highest BCUT2D eigenvalue weighted by Gasteiger charge is 2.34. The third-order valence-corrected chi connectivity index (χ3v) is 4.76. The molecule has 1 fully saturated rings. The Balaban J connectivity index is 1.45. The van der Waals surface area contributed by atoms with Gasteiger partial charge in [-0.1, -0.05) is 0 Å². The summed E-state index contributed by atoms with van der Waals surface area (Å²) in [5.41, 5.74) is 2.79. The lowest BCUT2D eigenvalue weighted by molar-refractivity contribution is -0.119. The van der Waals surface area contributed by atoms with Crippen molar-refractivity contribution in [1.29, 1.82) is 0 Å². The molecule has 7 nitrogen and oxygen atoms in total. The Hall–Kier alpha value is -2.93. The fourth-order valence-electron chi connectivity index (χ4n) is 3.38. The smallest absolute Gasteiger partial charge is 0.229 e. The van der Waals surface area contributed by atoms with Crippen molar-refractivity contribution >= 4 is 11.6 Å². The molecule has 0 saturated carbocycles. The molecule has 1 aliphatic rings. The number of rotatable bonds is 4. The summed E-state index contributed by atoms with van der Waals surface area (Å²) in [6.07, 6.45) is 5.52. The summed E-state index contributed by atoms with van der Waals surface area (Å²) in [4.78, 5) is 16.9. The number of aromatic nitrogens is 3. The van der Waals surface area contributed by atoms with E-state index in [4.69, 9.17) is 4.42 Å². The lowest BCUT2D eigenvalue weighted by Gasteiger charge is -2.17. The number of hydrogen-bond acceptors (Lipinski definition) is 5. The molecule has 0 radical (unpaired) electrons. The normalized spacial score (nSPS) is 19.6. The maximum Gasteiger partial charge on any atom is 0.229 e. The molecule has 1 aliphatic heterocycles. The van der Waals surface area contributed by atoms with E-state index in [9.17, 15) is 4.79 Å². The van der Waals surface area contributed by atoms with E-state index >= 15 is 0 Å². The molecule has 0 aliphatic carbocycles. The molecule has 1 amide bonds. The Morgan fingerprint density at radius 1 is 1.27 bits per heavy atom. The van der Waals surface area contributed by atoms with Gasteiger partial charge in [0, 0.05) is 50.4 Å². The first-order chi connectivity index (χ1) is 12.6. The Bertz CT molecular complexity index is 912. The molecule has 134 valence electrons.